The highest BCUT2D eigenvalue weighted by molar-refractivity contribution is 9.10. The Morgan fingerprint density at radius 3 is 2.78 bits per heavy atom. The highest BCUT2D eigenvalue weighted by Crippen LogP contribution is 2.30. The van der Waals surface area contributed by atoms with Crippen LogP contribution in [0.15, 0.2) is 58.4 Å². The maximum Gasteiger partial charge on any atom is 0.325 e. The second-order valence-corrected chi connectivity index (χ2v) is 7.66. The fourth-order valence-electron chi connectivity index (χ4n) is 2.22. The second kappa shape index (κ2) is 9.12. The molecule has 1 amide bonds. The first kappa shape index (κ1) is 19.5. The first-order chi connectivity index (χ1) is 13.0. The summed E-state index contributed by atoms with van der Waals surface area (Å²) in [5.74, 6) is -0.881. The minimum absolute atomic E-state index is 0.0343. The second-order valence-electron chi connectivity index (χ2n) is 5.48. The summed E-state index contributed by atoms with van der Waals surface area (Å²) < 4.78 is 5.95. The fraction of sp³-hybridized carbons (Fsp3) is 0.105. The normalized spacial score (nSPS) is 10.4. The van der Waals surface area contributed by atoms with Crippen LogP contribution in [0.2, 0.25) is 5.02 Å². The van der Waals surface area contributed by atoms with E-state index in [1.54, 1.807) is 24.3 Å². The summed E-state index contributed by atoms with van der Waals surface area (Å²) in [7, 11) is 0. The van der Waals surface area contributed by atoms with Gasteiger partial charge in [-0.3, -0.25) is 9.59 Å². The largest absolute Gasteiger partial charge is 0.458 e. The van der Waals surface area contributed by atoms with E-state index in [4.69, 9.17) is 16.3 Å². The van der Waals surface area contributed by atoms with Crippen molar-refractivity contribution in [3.05, 3.63) is 74.7 Å². The summed E-state index contributed by atoms with van der Waals surface area (Å²) in [6.07, 6.45) is 0. The molecule has 138 valence electrons. The molecule has 0 aliphatic heterocycles. The highest BCUT2D eigenvalue weighted by atomic mass is 79.9. The summed E-state index contributed by atoms with van der Waals surface area (Å²) in [5, 5.41) is 5.72. The molecule has 8 heteroatoms. The van der Waals surface area contributed by atoms with Gasteiger partial charge in [-0.15, -0.1) is 11.3 Å². The third-order valence-corrected chi connectivity index (χ3v) is 5.26. The van der Waals surface area contributed by atoms with E-state index < -0.39 is 5.97 Å². The van der Waals surface area contributed by atoms with Gasteiger partial charge in [0.05, 0.1) is 10.7 Å². The van der Waals surface area contributed by atoms with E-state index in [1.165, 1.54) is 11.3 Å². The van der Waals surface area contributed by atoms with Crippen LogP contribution in [0.3, 0.4) is 0 Å². The van der Waals surface area contributed by atoms with E-state index in [0.29, 0.717) is 16.3 Å². The summed E-state index contributed by atoms with van der Waals surface area (Å²) >= 11 is 10.9. The topological polar surface area (TPSA) is 68.3 Å². The lowest BCUT2D eigenvalue weighted by atomic mass is 10.2. The quantitative estimate of drug-likeness (QED) is 0.536. The number of hydrogen-bond donors (Lipinski definition) is 1. The number of ether oxygens (including phenoxy) is 1. The molecule has 0 unspecified atom stereocenters. The van der Waals surface area contributed by atoms with Gasteiger partial charge < -0.3 is 10.1 Å². The van der Waals surface area contributed by atoms with Gasteiger partial charge in [0.2, 0.25) is 0 Å². The highest BCUT2D eigenvalue weighted by Gasteiger charge is 2.12. The van der Waals surface area contributed by atoms with Crippen molar-refractivity contribution in [2.24, 2.45) is 0 Å². The molecular formula is C19H14BrClN2O3S. The Morgan fingerprint density at radius 1 is 1.19 bits per heavy atom. The van der Waals surface area contributed by atoms with Crippen LogP contribution < -0.4 is 5.32 Å². The molecule has 1 N–H and O–H groups in total. The van der Waals surface area contributed by atoms with Gasteiger partial charge in [-0.25, -0.2) is 4.98 Å². The van der Waals surface area contributed by atoms with E-state index in [9.17, 15) is 9.59 Å². The van der Waals surface area contributed by atoms with Crippen molar-refractivity contribution in [3.63, 3.8) is 0 Å². The summed E-state index contributed by atoms with van der Waals surface area (Å²) in [5.41, 5.74) is 1.92. The Balaban J connectivity index is 1.50. The third-order valence-electron chi connectivity index (χ3n) is 3.52. The van der Waals surface area contributed by atoms with Crippen LogP contribution in [0.25, 0.3) is 10.6 Å². The van der Waals surface area contributed by atoms with Gasteiger partial charge in [0.15, 0.2) is 0 Å². The SMILES string of the molecule is O=C(CNC(=O)c1cccc(Br)c1)OCc1csc(-c2ccccc2Cl)n1. The lowest BCUT2D eigenvalue weighted by molar-refractivity contribution is -0.143. The van der Waals surface area contributed by atoms with Crippen molar-refractivity contribution in [2.45, 2.75) is 6.61 Å². The molecule has 0 aliphatic carbocycles. The number of hydrogen-bond acceptors (Lipinski definition) is 5. The molecule has 0 spiro atoms. The van der Waals surface area contributed by atoms with Crippen molar-refractivity contribution in [3.8, 4) is 10.6 Å². The number of benzene rings is 2. The van der Waals surface area contributed by atoms with Crippen molar-refractivity contribution >= 4 is 50.7 Å². The van der Waals surface area contributed by atoms with Gasteiger partial charge >= 0.3 is 5.97 Å². The van der Waals surface area contributed by atoms with Gasteiger partial charge in [-0.05, 0) is 24.3 Å². The van der Waals surface area contributed by atoms with Crippen LogP contribution in [0.1, 0.15) is 16.1 Å². The number of amides is 1. The zero-order valence-electron chi connectivity index (χ0n) is 13.9. The molecule has 0 radical (unpaired) electrons. The van der Waals surface area contributed by atoms with Crippen molar-refractivity contribution in [1.82, 2.24) is 10.3 Å². The number of nitrogens with zero attached hydrogens (tertiary/aromatic N) is 1. The molecule has 0 saturated carbocycles. The van der Waals surface area contributed by atoms with E-state index in [1.807, 2.05) is 29.6 Å². The molecule has 1 aromatic heterocycles. The number of carbonyl (C=O) groups is 2. The predicted molar refractivity (Wildman–Crippen MR) is 109 cm³/mol. The van der Waals surface area contributed by atoms with Gasteiger partial charge in [0.1, 0.15) is 18.2 Å². The Morgan fingerprint density at radius 2 is 2.00 bits per heavy atom. The molecule has 0 saturated heterocycles. The standard InChI is InChI=1S/C19H14BrClN2O3S/c20-13-5-3-4-12(8-13)18(25)22-9-17(24)26-10-14-11-27-19(23-14)15-6-1-2-7-16(15)21/h1-8,11H,9-10H2,(H,22,25). The van der Waals surface area contributed by atoms with E-state index in [-0.39, 0.29) is 19.1 Å². The number of thiazole rings is 1. The van der Waals surface area contributed by atoms with Crippen LogP contribution in [0.4, 0.5) is 0 Å². The third kappa shape index (κ3) is 5.38. The molecule has 5 nitrogen and oxygen atoms in total. The molecule has 1 heterocycles. The zero-order valence-corrected chi connectivity index (χ0v) is 17.1. The van der Waals surface area contributed by atoms with Gasteiger partial charge in [-0.2, -0.15) is 0 Å². The Bertz CT molecular complexity index is 977. The Hall–Kier alpha value is -2.22. The number of nitrogens with one attached hydrogen (secondary N) is 1. The monoisotopic (exact) mass is 464 g/mol. The number of esters is 1. The minimum Gasteiger partial charge on any atom is -0.458 e. The smallest absolute Gasteiger partial charge is 0.325 e. The predicted octanol–water partition coefficient (Wildman–Crippen LogP) is 4.70. The molecule has 0 atom stereocenters. The Kier molecular flexibility index (Phi) is 6.60. The average Bonchev–Trinajstić information content (AvgIpc) is 3.13. The lowest BCUT2D eigenvalue weighted by Crippen LogP contribution is -2.30. The van der Waals surface area contributed by atoms with Crippen LogP contribution in [-0.4, -0.2) is 23.4 Å². The first-order valence-corrected chi connectivity index (χ1v) is 9.96. The molecule has 2 aromatic carbocycles. The number of halogens is 2. The fourth-order valence-corrected chi connectivity index (χ4v) is 3.75. The van der Waals surface area contributed by atoms with Gasteiger partial charge in [0, 0.05) is 21.0 Å². The molecule has 27 heavy (non-hydrogen) atoms. The molecule has 0 fully saturated rings. The van der Waals surface area contributed by atoms with E-state index >= 15 is 0 Å². The molecule has 0 aliphatic rings. The van der Waals surface area contributed by atoms with Crippen molar-refractivity contribution in [1.29, 1.82) is 0 Å². The minimum atomic E-state index is -0.536. The van der Waals surface area contributed by atoms with Gasteiger partial charge in [0.25, 0.3) is 5.91 Å². The van der Waals surface area contributed by atoms with E-state index in [0.717, 1.165) is 15.0 Å². The maximum atomic E-state index is 12.0. The molecule has 3 rings (SSSR count). The summed E-state index contributed by atoms with van der Waals surface area (Å²) in [4.78, 5) is 28.3. The van der Waals surface area contributed by atoms with Gasteiger partial charge in [-0.1, -0.05) is 51.8 Å². The average molecular weight is 466 g/mol. The number of aromatic nitrogens is 1. The van der Waals surface area contributed by atoms with Crippen molar-refractivity contribution in [2.75, 3.05) is 6.54 Å². The molecule has 3 aromatic rings. The maximum absolute atomic E-state index is 12.0. The van der Waals surface area contributed by atoms with Crippen LogP contribution in [0, 0.1) is 0 Å². The first-order valence-electron chi connectivity index (χ1n) is 7.91. The van der Waals surface area contributed by atoms with E-state index in [2.05, 4.69) is 26.2 Å². The Labute approximate surface area is 173 Å². The molecular weight excluding hydrogens is 452 g/mol. The van der Waals surface area contributed by atoms with Crippen LogP contribution in [-0.2, 0) is 16.1 Å². The number of carbonyl (C=O) groups excluding carboxylic acids is 2. The number of rotatable bonds is 6. The summed E-state index contributed by atoms with van der Waals surface area (Å²) in [6.45, 7) is -0.181. The summed E-state index contributed by atoms with van der Waals surface area (Å²) in [6, 6.07) is 14.3. The van der Waals surface area contributed by atoms with Crippen molar-refractivity contribution < 1.29 is 14.3 Å². The molecule has 0 bridgehead atoms. The zero-order chi connectivity index (χ0) is 19.2. The van der Waals surface area contributed by atoms with Crippen LogP contribution >= 0.6 is 38.9 Å². The lowest BCUT2D eigenvalue weighted by Gasteiger charge is -2.06. The van der Waals surface area contributed by atoms with Crippen LogP contribution in [0.5, 0.6) is 0 Å².